The summed E-state index contributed by atoms with van der Waals surface area (Å²) < 4.78 is 1.70. The summed E-state index contributed by atoms with van der Waals surface area (Å²) in [5.74, 6) is -0.273. The average Bonchev–Trinajstić information content (AvgIpc) is 3.38. The fraction of sp³-hybridized carbons (Fsp3) is 0.125. The number of hydrogen-bond acceptors (Lipinski definition) is 6. The van der Waals surface area contributed by atoms with Crippen molar-refractivity contribution in [1.82, 2.24) is 25.0 Å². The first kappa shape index (κ1) is 21.2. The molecule has 1 amide bonds. The number of hydrogen-bond donors (Lipinski definition) is 1. The van der Waals surface area contributed by atoms with Crippen LogP contribution in [0.1, 0.15) is 26.6 Å². The molecule has 0 aliphatic rings. The minimum atomic E-state index is -0.273. The summed E-state index contributed by atoms with van der Waals surface area (Å²) in [6.45, 7) is 1.87. The second kappa shape index (κ2) is 8.73. The predicted octanol–water partition coefficient (Wildman–Crippen LogP) is 5.29. The van der Waals surface area contributed by atoms with Crippen molar-refractivity contribution in [3.63, 3.8) is 0 Å². The fourth-order valence-corrected chi connectivity index (χ4v) is 4.59. The van der Waals surface area contributed by atoms with Gasteiger partial charge in [0.1, 0.15) is 5.01 Å². The van der Waals surface area contributed by atoms with Crippen molar-refractivity contribution in [2.24, 2.45) is 7.05 Å². The molecule has 0 radical (unpaired) electrons. The molecule has 7 nitrogen and oxygen atoms in total. The molecule has 2 aromatic carbocycles. The molecule has 0 bridgehead atoms. The largest absolute Gasteiger partial charge is 0.296 e. The zero-order valence-electron chi connectivity index (χ0n) is 17.9. The smallest absolute Gasteiger partial charge is 0.258 e. The molecular weight excluding hydrogens is 456 g/mol. The molecule has 0 fully saturated rings. The van der Waals surface area contributed by atoms with Gasteiger partial charge in [-0.25, -0.2) is 4.98 Å². The summed E-state index contributed by atoms with van der Waals surface area (Å²) >= 11 is 7.30. The van der Waals surface area contributed by atoms with Gasteiger partial charge in [0.2, 0.25) is 5.13 Å². The maximum absolute atomic E-state index is 13.3. The summed E-state index contributed by atoms with van der Waals surface area (Å²) in [7, 11) is 1.83. The minimum absolute atomic E-state index is 0.273. The van der Waals surface area contributed by atoms with Crippen LogP contribution in [0, 0.1) is 6.92 Å². The van der Waals surface area contributed by atoms with Crippen molar-refractivity contribution in [2.45, 2.75) is 13.3 Å². The van der Waals surface area contributed by atoms with Crippen LogP contribution >= 0.6 is 22.9 Å². The highest BCUT2D eigenvalue weighted by Gasteiger charge is 2.20. The molecular formula is C24H19ClN6OS. The first-order valence-corrected chi connectivity index (χ1v) is 11.5. The zero-order chi connectivity index (χ0) is 22.9. The Morgan fingerprint density at radius 3 is 2.61 bits per heavy atom. The molecule has 0 aliphatic heterocycles. The monoisotopic (exact) mass is 474 g/mol. The molecule has 0 unspecified atom stereocenters. The van der Waals surface area contributed by atoms with E-state index in [4.69, 9.17) is 16.6 Å². The second-order valence-corrected chi connectivity index (χ2v) is 9.09. The van der Waals surface area contributed by atoms with Crippen molar-refractivity contribution >= 4 is 45.0 Å². The van der Waals surface area contributed by atoms with Gasteiger partial charge >= 0.3 is 0 Å². The fourth-order valence-electron chi connectivity index (χ4n) is 3.70. The number of aryl methyl sites for hydroxylation is 2. The Hall–Kier alpha value is -3.62. The van der Waals surface area contributed by atoms with Gasteiger partial charge in [-0.3, -0.25) is 14.8 Å². The average molecular weight is 475 g/mol. The quantitative estimate of drug-likeness (QED) is 0.374. The van der Waals surface area contributed by atoms with E-state index in [2.05, 4.69) is 20.6 Å². The van der Waals surface area contributed by atoms with E-state index in [1.54, 1.807) is 10.7 Å². The standard InChI is InChI=1S/C24H19ClN6OS/c1-14-21-18(13-19(16-6-4-3-5-7-16)26-22(21)31(2)30-14)23(32)27-24-29-28-20(33-24)12-15-8-10-17(25)11-9-15/h3-11,13H,12H2,1-2H3,(H,27,29,32). The van der Waals surface area contributed by atoms with E-state index in [1.807, 2.05) is 68.6 Å². The molecule has 9 heteroatoms. The van der Waals surface area contributed by atoms with Gasteiger partial charge in [0, 0.05) is 24.1 Å². The SMILES string of the molecule is Cc1nn(C)c2nc(-c3ccccc3)cc(C(=O)Nc3nnc(Cc4ccc(Cl)cc4)s3)c12. The van der Waals surface area contributed by atoms with Crippen LogP contribution < -0.4 is 5.32 Å². The number of carbonyl (C=O) groups is 1. The highest BCUT2D eigenvalue weighted by molar-refractivity contribution is 7.15. The van der Waals surface area contributed by atoms with Crippen LogP contribution in [0.15, 0.2) is 60.7 Å². The Labute approximate surface area is 199 Å². The van der Waals surface area contributed by atoms with E-state index in [1.165, 1.54) is 11.3 Å². The maximum Gasteiger partial charge on any atom is 0.258 e. The number of anilines is 1. The van der Waals surface area contributed by atoms with Crippen molar-refractivity contribution in [3.8, 4) is 11.3 Å². The summed E-state index contributed by atoms with van der Waals surface area (Å²) in [4.78, 5) is 18.1. The van der Waals surface area contributed by atoms with Crippen LogP contribution in [-0.2, 0) is 13.5 Å². The van der Waals surface area contributed by atoms with E-state index in [9.17, 15) is 4.79 Å². The summed E-state index contributed by atoms with van der Waals surface area (Å²) in [5, 5.41) is 18.4. The van der Waals surface area contributed by atoms with Gasteiger partial charge in [0.15, 0.2) is 5.65 Å². The normalized spacial score (nSPS) is 11.1. The number of rotatable bonds is 5. The number of nitrogens with zero attached hydrogens (tertiary/aromatic N) is 5. The van der Waals surface area contributed by atoms with Crippen LogP contribution in [0.25, 0.3) is 22.3 Å². The first-order chi connectivity index (χ1) is 16.0. The van der Waals surface area contributed by atoms with Crippen LogP contribution in [0.2, 0.25) is 5.02 Å². The number of halogens is 1. The second-order valence-electron chi connectivity index (χ2n) is 7.59. The summed E-state index contributed by atoms with van der Waals surface area (Å²) in [6.07, 6.45) is 0.615. The number of carbonyl (C=O) groups excluding carboxylic acids is 1. The number of fused-ring (bicyclic) bond motifs is 1. The number of aromatic nitrogens is 5. The lowest BCUT2D eigenvalue weighted by Crippen LogP contribution is -2.13. The minimum Gasteiger partial charge on any atom is -0.296 e. The third-order valence-electron chi connectivity index (χ3n) is 5.24. The van der Waals surface area contributed by atoms with Gasteiger partial charge in [0.25, 0.3) is 5.91 Å². The van der Waals surface area contributed by atoms with Gasteiger partial charge in [0.05, 0.1) is 22.3 Å². The van der Waals surface area contributed by atoms with E-state index < -0.39 is 0 Å². The zero-order valence-corrected chi connectivity index (χ0v) is 19.5. The van der Waals surface area contributed by atoms with Crippen molar-refractivity contribution < 1.29 is 4.79 Å². The molecule has 3 aromatic heterocycles. The molecule has 5 aromatic rings. The Morgan fingerprint density at radius 1 is 1.09 bits per heavy atom. The van der Waals surface area contributed by atoms with Crippen LogP contribution in [0.4, 0.5) is 5.13 Å². The molecule has 3 heterocycles. The highest BCUT2D eigenvalue weighted by atomic mass is 35.5. The van der Waals surface area contributed by atoms with E-state index in [0.29, 0.717) is 33.5 Å². The molecule has 164 valence electrons. The molecule has 0 aliphatic carbocycles. The lowest BCUT2D eigenvalue weighted by molar-refractivity contribution is 0.102. The van der Waals surface area contributed by atoms with Crippen LogP contribution in [0.3, 0.4) is 0 Å². The topological polar surface area (TPSA) is 85.6 Å². The number of nitrogens with one attached hydrogen (secondary N) is 1. The Morgan fingerprint density at radius 2 is 1.85 bits per heavy atom. The molecule has 0 saturated carbocycles. The van der Waals surface area contributed by atoms with Gasteiger partial charge in [-0.05, 0) is 30.7 Å². The highest BCUT2D eigenvalue weighted by Crippen LogP contribution is 2.28. The Balaban J connectivity index is 1.46. The third kappa shape index (κ3) is 4.35. The van der Waals surface area contributed by atoms with Crippen LogP contribution in [-0.4, -0.2) is 30.9 Å². The van der Waals surface area contributed by atoms with E-state index in [-0.39, 0.29) is 5.91 Å². The molecule has 1 N–H and O–H groups in total. The van der Waals surface area contributed by atoms with Crippen LogP contribution in [0.5, 0.6) is 0 Å². The molecule has 5 rings (SSSR count). The number of pyridine rings is 1. The summed E-state index contributed by atoms with van der Waals surface area (Å²) in [6, 6.07) is 19.2. The maximum atomic E-state index is 13.3. The third-order valence-corrected chi connectivity index (χ3v) is 6.33. The molecule has 0 saturated heterocycles. The Bertz CT molecular complexity index is 1460. The first-order valence-electron chi connectivity index (χ1n) is 10.3. The number of benzene rings is 2. The van der Waals surface area contributed by atoms with Gasteiger partial charge in [-0.15, -0.1) is 10.2 Å². The lowest BCUT2D eigenvalue weighted by atomic mass is 10.1. The van der Waals surface area contributed by atoms with E-state index >= 15 is 0 Å². The van der Waals surface area contributed by atoms with Gasteiger partial charge < -0.3 is 0 Å². The molecule has 0 atom stereocenters. The van der Waals surface area contributed by atoms with Crippen molar-refractivity contribution in [1.29, 1.82) is 0 Å². The Kier molecular flexibility index (Phi) is 5.62. The van der Waals surface area contributed by atoms with Crippen molar-refractivity contribution in [3.05, 3.63) is 87.5 Å². The lowest BCUT2D eigenvalue weighted by Gasteiger charge is -2.08. The van der Waals surface area contributed by atoms with Crippen molar-refractivity contribution in [2.75, 3.05) is 5.32 Å². The molecule has 33 heavy (non-hydrogen) atoms. The van der Waals surface area contributed by atoms with E-state index in [0.717, 1.165) is 27.2 Å². The number of amides is 1. The van der Waals surface area contributed by atoms with Gasteiger partial charge in [-0.2, -0.15) is 5.10 Å². The summed E-state index contributed by atoms with van der Waals surface area (Å²) in [5.41, 5.74) is 4.59. The predicted molar refractivity (Wildman–Crippen MR) is 131 cm³/mol. The molecule has 0 spiro atoms. The van der Waals surface area contributed by atoms with Gasteiger partial charge in [-0.1, -0.05) is 65.4 Å².